The van der Waals surface area contributed by atoms with Gasteiger partial charge in [0.25, 0.3) is 0 Å². The second-order valence-electron chi connectivity index (χ2n) is 6.48. The van der Waals surface area contributed by atoms with Crippen molar-refractivity contribution in [3.05, 3.63) is 0 Å². The van der Waals surface area contributed by atoms with Crippen molar-refractivity contribution < 1.29 is 4.79 Å². The molecule has 2 rings (SSSR count). The van der Waals surface area contributed by atoms with Crippen LogP contribution in [0.25, 0.3) is 0 Å². The van der Waals surface area contributed by atoms with Gasteiger partial charge in [-0.2, -0.15) is 0 Å². The Morgan fingerprint density at radius 3 is 2.50 bits per heavy atom. The number of fused-ring (bicyclic) bond motifs is 2. The van der Waals surface area contributed by atoms with E-state index in [9.17, 15) is 4.79 Å². The summed E-state index contributed by atoms with van der Waals surface area (Å²) in [6.45, 7) is 9.20. The van der Waals surface area contributed by atoms with Gasteiger partial charge in [-0.25, -0.2) is 0 Å². The van der Waals surface area contributed by atoms with Crippen molar-refractivity contribution in [2.24, 2.45) is 16.7 Å². The topological polar surface area (TPSA) is 29.1 Å². The first-order chi connectivity index (χ1) is 7.41. The molecule has 2 heteroatoms. The first-order valence-corrected chi connectivity index (χ1v) is 6.71. The number of carbonyl (C=O) groups excluding carboxylic acids is 1. The fourth-order valence-electron chi connectivity index (χ4n) is 3.92. The van der Waals surface area contributed by atoms with Crippen LogP contribution in [0.5, 0.6) is 0 Å². The summed E-state index contributed by atoms with van der Waals surface area (Å²) in [5, 5.41) is 3.27. The third kappa shape index (κ3) is 1.49. The van der Waals surface area contributed by atoms with Crippen LogP contribution in [0.15, 0.2) is 0 Å². The predicted molar refractivity (Wildman–Crippen MR) is 66.1 cm³/mol. The fraction of sp³-hybridized carbons (Fsp3) is 0.929. The molecule has 0 radical (unpaired) electrons. The van der Waals surface area contributed by atoms with Gasteiger partial charge in [-0.1, -0.05) is 27.7 Å². The third-order valence-corrected chi connectivity index (χ3v) is 5.61. The normalized spacial score (nSPS) is 40.0. The highest BCUT2D eigenvalue weighted by atomic mass is 16.1. The minimum absolute atomic E-state index is 0.247. The van der Waals surface area contributed by atoms with Crippen LogP contribution in [0.4, 0.5) is 0 Å². The molecule has 2 aliphatic rings. The van der Waals surface area contributed by atoms with Gasteiger partial charge in [0.05, 0.1) is 0 Å². The molecule has 2 nitrogen and oxygen atoms in total. The lowest BCUT2D eigenvalue weighted by atomic mass is 9.69. The quantitative estimate of drug-likeness (QED) is 0.782. The van der Waals surface area contributed by atoms with Gasteiger partial charge >= 0.3 is 0 Å². The lowest BCUT2D eigenvalue weighted by Gasteiger charge is -2.39. The molecule has 0 unspecified atom stereocenters. The van der Waals surface area contributed by atoms with Gasteiger partial charge in [-0.05, 0) is 42.4 Å². The number of nitrogens with one attached hydrogen (secondary N) is 1. The minimum atomic E-state index is 0.247. The summed E-state index contributed by atoms with van der Waals surface area (Å²) in [5.41, 5.74) is 0.720. The van der Waals surface area contributed by atoms with Gasteiger partial charge < -0.3 is 5.32 Å². The van der Waals surface area contributed by atoms with Crippen LogP contribution in [0, 0.1) is 16.7 Å². The van der Waals surface area contributed by atoms with Crippen molar-refractivity contribution in [1.82, 2.24) is 5.32 Å². The fourth-order valence-corrected chi connectivity index (χ4v) is 3.92. The van der Waals surface area contributed by atoms with Crippen molar-refractivity contribution in [3.8, 4) is 0 Å². The van der Waals surface area contributed by atoms with Crippen LogP contribution < -0.4 is 5.32 Å². The molecule has 2 bridgehead atoms. The van der Waals surface area contributed by atoms with Crippen LogP contribution in [-0.4, -0.2) is 11.9 Å². The Hall–Kier alpha value is -0.530. The summed E-state index contributed by atoms with van der Waals surface area (Å²) in [6.07, 6.45) is 5.45. The van der Waals surface area contributed by atoms with Gasteiger partial charge in [-0.3, -0.25) is 4.79 Å². The maximum absolute atomic E-state index is 11.7. The van der Waals surface area contributed by atoms with Crippen LogP contribution >= 0.6 is 0 Å². The summed E-state index contributed by atoms with van der Waals surface area (Å²) in [4.78, 5) is 11.7. The molecule has 0 heterocycles. The van der Waals surface area contributed by atoms with Gasteiger partial charge in [0, 0.05) is 12.5 Å². The SMILES string of the molecule is CCCC(=O)N[C@@H]1C[C@H]2CC[C@]1(C)C2(C)C. The van der Waals surface area contributed by atoms with Gasteiger partial charge in [-0.15, -0.1) is 0 Å². The second-order valence-corrected chi connectivity index (χ2v) is 6.48. The van der Waals surface area contributed by atoms with E-state index in [1.54, 1.807) is 0 Å². The van der Waals surface area contributed by atoms with E-state index < -0.39 is 0 Å². The van der Waals surface area contributed by atoms with E-state index in [-0.39, 0.29) is 5.91 Å². The van der Waals surface area contributed by atoms with Gasteiger partial charge in [0.1, 0.15) is 0 Å². The highest BCUT2D eigenvalue weighted by molar-refractivity contribution is 5.76. The minimum Gasteiger partial charge on any atom is -0.353 e. The molecule has 2 saturated carbocycles. The molecule has 1 amide bonds. The lowest BCUT2D eigenvalue weighted by Crippen LogP contribution is -2.46. The molecule has 92 valence electrons. The van der Waals surface area contributed by atoms with E-state index in [2.05, 4.69) is 33.0 Å². The molecule has 2 fully saturated rings. The highest BCUT2D eigenvalue weighted by Gasteiger charge is 2.61. The Morgan fingerprint density at radius 1 is 1.38 bits per heavy atom. The molecule has 2 aliphatic carbocycles. The molecule has 1 N–H and O–H groups in total. The number of carbonyl (C=O) groups is 1. The number of amides is 1. The van der Waals surface area contributed by atoms with E-state index in [1.807, 2.05) is 0 Å². The van der Waals surface area contributed by atoms with Crippen LogP contribution in [-0.2, 0) is 4.79 Å². The third-order valence-electron chi connectivity index (χ3n) is 5.61. The summed E-state index contributed by atoms with van der Waals surface area (Å²) < 4.78 is 0. The molecule has 16 heavy (non-hydrogen) atoms. The molecule has 0 saturated heterocycles. The largest absolute Gasteiger partial charge is 0.353 e. The maximum atomic E-state index is 11.7. The molecule has 0 aromatic rings. The van der Waals surface area contributed by atoms with Crippen LogP contribution in [0.1, 0.15) is 59.8 Å². The molecule has 0 aromatic heterocycles. The van der Waals surface area contributed by atoms with E-state index in [0.29, 0.717) is 23.3 Å². The van der Waals surface area contributed by atoms with E-state index in [0.717, 1.165) is 12.3 Å². The van der Waals surface area contributed by atoms with Crippen molar-refractivity contribution in [2.75, 3.05) is 0 Å². The van der Waals surface area contributed by atoms with Crippen molar-refractivity contribution in [3.63, 3.8) is 0 Å². The van der Waals surface area contributed by atoms with Crippen molar-refractivity contribution in [2.45, 2.75) is 65.8 Å². The number of rotatable bonds is 3. The van der Waals surface area contributed by atoms with Crippen molar-refractivity contribution in [1.29, 1.82) is 0 Å². The zero-order chi connectivity index (χ0) is 12.0. The molecule has 0 spiro atoms. The number of hydrogen-bond donors (Lipinski definition) is 1. The smallest absolute Gasteiger partial charge is 0.220 e. The maximum Gasteiger partial charge on any atom is 0.220 e. The molecule has 0 aromatic carbocycles. The first kappa shape index (κ1) is 11.9. The molecular formula is C14H25NO. The highest BCUT2D eigenvalue weighted by Crippen LogP contribution is 2.65. The Balaban J connectivity index is 2.07. The number of hydrogen-bond acceptors (Lipinski definition) is 1. The van der Waals surface area contributed by atoms with E-state index in [1.165, 1.54) is 19.3 Å². The van der Waals surface area contributed by atoms with Crippen LogP contribution in [0.2, 0.25) is 0 Å². The van der Waals surface area contributed by atoms with Gasteiger partial charge in [0.2, 0.25) is 5.91 Å². The molecule has 0 aliphatic heterocycles. The van der Waals surface area contributed by atoms with Gasteiger partial charge in [0.15, 0.2) is 0 Å². The van der Waals surface area contributed by atoms with Crippen LogP contribution in [0.3, 0.4) is 0 Å². The zero-order valence-corrected chi connectivity index (χ0v) is 11.1. The Labute approximate surface area is 99.2 Å². The Morgan fingerprint density at radius 2 is 2.06 bits per heavy atom. The second kappa shape index (κ2) is 3.75. The summed E-state index contributed by atoms with van der Waals surface area (Å²) >= 11 is 0. The summed E-state index contributed by atoms with van der Waals surface area (Å²) in [7, 11) is 0. The predicted octanol–water partition coefficient (Wildman–Crippen LogP) is 3.12. The standard InChI is InChI=1S/C14H25NO/c1-5-6-12(16)15-11-9-10-7-8-14(11,4)13(10,2)3/h10-11H,5-9H2,1-4H3,(H,15,16)/t10-,11-,14+/m1/s1. The first-order valence-electron chi connectivity index (χ1n) is 6.71. The average Bonchev–Trinajstić information content (AvgIpc) is 2.51. The van der Waals surface area contributed by atoms with E-state index in [4.69, 9.17) is 0 Å². The molecular weight excluding hydrogens is 198 g/mol. The Bertz CT molecular complexity index is 297. The summed E-state index contributed by atoms with van der Waals surface area (Å²) in [5.74, 6) is 1.06. The van der Waals surface area contributed by atoms with E-state index >= 15 is 0 Å². The summed E-state index contributed by atoms with van der Waals surface area (Å²) in [6, 6.07) is 0.417. The van der Waals surface area contributed by atoms with Crippen molar-refractivity contribution >= 4 is 5.91 Å². The molecule has 3 atom stereocenters. The Kier molecular flexibility index (Phi) is 2.80. The monoisotopic (exact) mass is 223 g/mol. The zero-order valence-electron chi connectivity index (χ0n) is 11.1. The average molecular weight is 223 g/mol. The lowest BCUT2D eigenvalue weighted by molar-refractivity contribution is -0.122.